The van der Waals surface area contributed by atoms with Gasteiger partial charge in [0.25, 0.3) is 10.0 Å². The molecule has 0 amide bonds. The average molecular weight is 381 g/mol. The summed E-state index contributed by atoms with van der Waals surface area (Å²) in [6.45, 7) is 1.78. The highest BCUT2D eigenvalue weighted by Gasteiger charge is 2.27. The fraction of sp³-hybridized carbons (Fsp3) is 0.0909. The van der Waals surface area contributed by atoms with Crippen LogP contribution in [0.5, 0.6) is 0 Å². The molecule has 0 fully saturated rings. The summed E-state index contributed by atoms with van der Waals surface area (Å²) in [4.78, 5) is 0.0562. The quantitative estimate of drug-likeness (QED) is 0.554. The van der Waals surface area contributed by atoms with Gasteiger partial charge in [-0.3, -0.25) is 0 Å². The normalized spacial score (nSPS) is 12.0. The Kier molecular flexibility index (Phi) is 5.72. The molecule has 0 N–H and O–H groups in total. The summed E-state index contributed by atoms with van der Waals surface area (Å²) in [5.41, 5.74) is 2.22. The van der Waals surface area contributed by atoms with Gasteiger partial charge in [-0.2, -0.15) is 4.39 Å². The van der Waals surface area contributed by atoms with Gasteiger partial charge < -0.3 is 0 Å². The van der Waals surface area contributed by atoms with Crippen LogP contribution in [-0.4, -0.2) is 12.7 Å². The van der Waals surface area contributed by atoms with Crippen molar-refractivity contribution < 1.29 is 12.8 Å². The van der Waals surface area contributed by atoms with Crippen molar-refractivity contribution >= 4 is 16.1 Å². The van der Waals surface area contributed by atoms with E-state index in [1.165, 1.54) is 18.2 Å². The van der Waals surface area contributed by atoms with Crippen molar-refractivity contribution in [2.24, 2.45) is 0 Å². The first-order chi connectivity index (χ1) is 13.0. The second-order valence-corrected chi connectivity index (χ2v) is 8.05. The fourth-order valence-corrected chi connectivity index (χ4v) is 3.96. The minimum absolute atomic E-state index is 0.0562. The Bertz CT molecular complexity index is 1010. The standard InChI is InChI=1S/C22H20FNO2S/c1-18-12-14-21(15-13-18)27(25,26)24(17-20-10-6-3-7-11-20)22(23)16-19-8-4-2-5-9-19/h2-16H,17H2,1H3/b22-16+. The van der Waals surface area contributed by atoms with Crippen molar-refractivity contribution in [1.29, 1.82) is 0 Å². The van der Waals surface area contributed by atoms with Crippen molar-refractivity contribution in [3.8, 4) is 0 Å². The molecule has 3 nitrogen and oxygen atoms in total. The molecule has 0 aliphatic carbocycles. The van der Waals surface area contributed by atoms with Gasteiger partial charge in [-0.1, -0.05) is 78.4 Å². The third-order valence-corrected chi connectivity index (χ3v) is 5.85. The maximum absolute atomic E-state index is 15.1. The molecule has 3 aromatic carbocycles. The second-order valence-electron chi connectivity index (χ2n) is 6.19. The van der Waals surface area contributed by atoms with Gasteiger partial charge in [0.05, 0.1) is 11.4 Å². The highest BCUT2D eigenvalue weighted by atomic mass is 32.2. The lowest BCUT2D eigenvalue weighted by atomic mass is 10.2. The van der Waals surface area contributed by atoms with Crippen LogP contribution in [0.1, 0.15) is 16.7 Å². The smallest absolute Gasteiger partial charge is 0.237 e. The second kappa shape index (κ2) is 8.18. The van der Waals surface area contributed by atoms with Crippen LogP contribution in [0.3, 0.4) is 0 Å². The maximum atomic E-state index is 15.1. The maximum Gasteiger partial charge on any atom is 0.266 e. The first kappa shape index (κ1) is 18.9. The number of nitrogens with zero attached hydrogens (tertiary/aromatic N) is 1. The molecule has 0 spiro atoms. The van der Waals surface area contributed by atoms with Crippen LogP contribution < -0.4 is 0 Å². The van der Waals surface area contributed by atoms with Crippen LogP contribution in [0.4, 0.5) is 4.39 Å². The molecule has 0 saturated heterocycles. The van der Waals surface area contributed by atoms with E-state index in [1.54, 1.807) is 60.7 Å². The van der Waals surface area contributed by atoms with E-state index in [2.05, 4.69) is 0 Å². The molecule has 0 saturated carbocycles. The number of rotatable bonds is 6. The van der Waals surface area contributed by atoms with Crippen LogP contribution in [0.15, 0.2) is 95.8 Å². The highest BCUT2D eigenvalue weighted by molar-refractivity contribution is 7.89. The number of hydrogen-bond acceptors (Lipinski definition) is 2. The Labute approximate surface area is 159 Å². The van der Waals surface area contributed by atoms with Gasteiger partial charge in [0, 0.05) is 0 Å². The summed E-state index contributed by atoms with van der Waals surface area (Å²) in [5.74, 6) is -0.828. The molecular weight excluding hydrogens is 361 g/mol. The summed E-state index contributed by atoms with van der Waals surface area (Å²) in [6, 6.07) is 24.2. The lowest BCUT2D eigenvalue weighted by molar-refractivity contribution is 0.384. The summed E-state index contributed by atoms with van der Waals surface area (Å²) < 4.78 is 42.2. The van der Waals surface area contributed by atoms with E-state index in [4.69, 9.17) is 0 Å². The molecule has 27 heavy (non-hydrogen) atoms. The van der Waals surface area contributed by atoms with Gasteiger partial charge in [0.15, 0.2) is 0 Å². The van der Waals surface area contributed by atoms with Crippen LogP contribution >= 0.6 is 0 Å². The summed E-state index contributed by atoms with van der Waals surface area (Å²) in [6.07, 6.45) is 1.23. The summed E-state index contributed by atoms with van der Waals surface area (Å²) in [5, 5.41) is 0. The average Bonchev–Trinajstić information content (AvgIpc) is 2.68. The molecule has 0 atom stereocenters. The van der Waals surface area contributed by atoms with Crippen molar-refractivity contribution in [1.82, 2.24) is 4.31 Å². The molecule has 0 heterocycles. The van der Waals surface area contributed by atoms with Crippen molar-refractivity contribution in [2.75, 3.05) is 0 Å². The first-order valence-corrected chi connectivity index (χ1v) is 9.96. The largest absolute Gasteiger partial charge is 0.266 e. The Morgan fingerprint density at radius 2 is 1.44 bits per heavy atom. The van der Waals surface area contributed by atoms with Crippen molar-refractivity contribution in [3.63, 3.8) is 0 Å². The third-order valence-electron chi connectivity index (χ3n) is 4.10. The van der Waals surface area contributed by atoms with Crippen LogP contribution in [0.2, 0.25) is 0 Å². The number of hydrogen-bond donors (Lipinski definition) is 0. The van der Waals surface area contributed by atoms with Gasteiger partial charge in [0.2, 0.25) is 5.95 Å². The SMILES string of the molecule is Cc1ccc(S(=O)(=O)N(Cc2ccccc2)/C(F)=C/c2ccccc2)cc1. The third kappa shape index (κ3) is 4.63. The van der Waals surface area contributed by atoms with Gasteiger partial charge in [-0.15, -0.1) is 0 Å². The predicted octanol–water partition coefficient (Wildman–Crippen LogP) is 5.15. The molecule has 3 rings (SSSR count). The van der Waals surface area contributed by atoms with E-state index < -0.39 is 16.0 Å². The summed E-state index contributed by atoms with van der Waals surface area (Å²) >= 11 is 0. The van der Waals surface area contributed by atoms with Crippen LogP contribution in [0.25, 0.3) is 6.08 Å². The van der Waals surface area contributed by atoms with Crippen molar-refractivity contribution in [3.05, 3.63) is 108 Å². The van der Waals surface area contributed by atoms with Crippen LogP contribution in [0, 0.1) is 6.92 Å². The van der Waals surface area contributed by atoms with Crippen LogP contribution in [-0.2, 0) is 16.6 Å². The predicted molar refractivity (Wildman–Crippen MR) is 106 cm³/mol. The molecule has 3 aromatic rings. The molecule has 138 valence electrons. The van der Waals surface area contributed by atoms with E-state index in [9.17, 15) is 8.42 Å². The molecule has 0 aliphatic rings. The molecule has 5 heteroatoms. The van der Waals surface area contributed by atoms with E-state index in [0.717, 1.165) is 9.87 Å². The Morgan fingerprint density at radius 3 is 2.04 bits per heavy atom. The van der Waals surface area contributed by atoms with E-state index in [-0.39, 0.29) is 11.4 Å². The molecule has 0 radical (unpaired) electrons. The minimum atomic E-state index is -4.05. The first-order valence-electron chi connectivity index (χ1n) is 8.52. The molecular formula is C22H20FNO2S. The number of halogens is 1. The zero-order valence-electron chi connectivity index (χ0n) is 14.9. The highest BCUT2D eigenvalue weighted by Crippen LogP contribution is 2.25. The molecule has 0 aliphatic heterocycles. The lowest BCUT2D eigenvalue weighted by Gasteiger charge is -2.23. The van der Waals surface area contributed by atoms with Gasteiger partial charge in [-0.25, -0.2) is 12.7 Å². The van der Waals surface area contributed by atoms with Gasteiger partial charge >= 0.3 is 0 Å². The topological polar surface area (TPSA) is 37.4 Å². The van der Waals surface area contributed by atoms with E-state index >= 15 is 4.39 Å². The monoisotopic (exact) mass is 381 g/mol. The number of sulfonamides is 1. The fourth-order valence-electron chi connectivity index (χ4n) is 2.62. The molecule has 0 bridgehead atoms. The number of benzene rings is 3. The molecule has 0 unspecified atom stereocenters. The lowest BCUT2D eigenvalue weighted by Crippen LogP contribution is -2.28. The summed E-state index contributed by atoms with van der Waals surface area (Å²) in [7, 11) is -4.05. The van der Waals surface area contributed by atoms with E-state index in [1.807, 2.05) is 19.1 Å². The molecule has 0 aromatic heterocycles. The zero-order chi connectivity index (χ0) is 19.3. The van der Waals surface area contributed by atoms with Gasteiger partial charge in [0.1, 0.15) is 0 Å². The van der Waals surface area contributed by atoms with E-state index in [0.29, 0.717) is 11.1 Å². The van der Waals surface area contributed by atoms with Gasteiger partial charge in [-0.05, 0) is 36.3 Å². The van der Waals surface area contributed by atoms with Crippen molar-refractivity contribution in [2.45, 2.75) is 18.4 Å². The Hall–Kier alpha value is -2.92. The number of aryl methyl sites for hydroxylation is 1. The minimum Gasteiger partial charge on any atom is -0.237 e. The zero-order valence-corrected chi connectivity index (χ0v) is 15.7. The Morgan fingerprint density at radius 1 is 0.889 bits per heavy atom. The Balaban J connectivity index is 2.04.